The van der Waals surface area contributed by atoms with Crippen LogP contribution in [-0.4, -0.2) is 12.1 Å². The Labute approximate surface area is 69.6 Å². The zero-order valence-corrected chi connectivity index (χ0v) is 7.74. The van der Waals surface area contributed by atoms with Gasteiger partial charge in [0.25, 0.3) is 0 Å². The molecule has 0 aromatic heterocycles. The van der Waals surface area contributed by atoms with E-state index in [1.807, 2.05) is 0 Å². The van der Waals surface area contributed by atoms with Crippen molar-refractivity contribution in [2.45, 2.75) is 51.5 Å². The molecule has 1 nitrogen and oxygen atoms in total. The van der Waals surface area contributed by atoms with Crippen LogP contribution in [0.3, 0.4) is 0 Å². The van der Waals surface area contributed by atoms with Gasteiger partial charge in [-0.2, -0.15) is 0 Å². The molecule has 0 amide bonds. The van der Waals surface area contributed by atoms with E-state index in [2.05, 4.69) is 19.2 Å². The van der Waals surface area contributed by atoms with Crippen LogP contribution >= 0.6 is 0 Å². The highest BCUT2D eigenvalue weighted by atomic mass is 15.1. The zero-order valence-electron chi connectivity index (χ0n) is 7.74. The third kappa shape index (κ3) is 0.807. The molecular weight excluding hydrogens is 134 g/mol. The van der Waals surface area contributed by atoms with E-state index in [9.17, 15) is 0 Å². The topological polar surface area (TPSA) is 12.0 Å². The minimum Gasteiger partial charge on any atom is -0.310 e. The molecule has 1 heterocycles. The molecule has 1 N–H and O–H groups in total. The molecule has 0 spiro atoms. The van der Waals surface area contributed by atoms with Crippen LogP contribution in [0.15, 0.2) is 0 Å². The third-order valence-electron chi connectivity index (χ3n) is 4.25. The van der Waals surface area contributed by atoms with E-state index < -0.39 is 0 Å². The maximum atomic E-state index is 3.62. The Kier molecular flexibility index (Phi) is 1.54. The number of hydrogen-bond acceptors (Lipinski definition) is 1. The summed E-state index contributed by atoms with van der Waals surface area (Å²) in [6.07, 6.45) is 7.14. The predicted molar refractivity (Wildman–Crippen MR) is 47.6 cm³/mol. The van der Waals surface area contributed by atoms with Gasteiger partial charge in [0.05, 0.1) is 0 Å². The molecule has 2 fully saturated rings. The summed E-state index contributed by atoms with van der Waals surface area (Å²) in [5, 5.41) is 3.62. The van der Waals surface area contributed by atoms with Gasteiger partial charge in [-0.15, -0.1) is 0 Å². The molecule has 2 unspecified atom stereocenters. The fourth-order valence-corrected chi connectivity index (χ4v) is 2.99. The Morgan fingerprint density at radius 3 is 2.36 bits per heavy atom. The van der Waals surface area contributed by atoms with Crippen molar-refractivity contribution >= 4 is 0 Å². The number of nitrogens with one attached hydrogen (secondary N) is 1. The zero-order chi connectivity index (χ0) is 7.95. The van der Waals surface area contributed by atoms with Gasteiger partial charge < -0.3 is 5.32 Å². The molecule has 1 heteroatoms. The molecule has 2 rings (SSSR count). The van der Waals surface area contributed by atoms with Crippen LogP contribution < -0.4 is 5.32 Å². The summed E-state index contributed by atoms with van der Waals surface area (Å²) in [5.41, 5.74) is 1.20. The van der Waals surface area contributed by atoms with E-state index in [1.54, 1.807) is 0 Å². The summed E-state index contributed by atoms with van der Waals surface area (Å²) >= 11 is 0. The van der Waals surface area contributed by atoms with Crippen molar-refractivity contribution in [2.75, 3.05) is 6.54 Å². The monoisotopic (exact) mass is 153 g/mol. The summed E-state index contributed by atoms with van der Waals surface area (Å²) in [4.78, 5) is 0. The van der Waals surface area contributed by atoms with Crippen LogP contribution in [-0.2, 0) is 0 Å². The molecule has 0 bridgehead atoms. The van der Waals surface area contributed by atoms with E-state index in [4.69, 9.17) is 0 Å². The average Bonchev–Trinajstić information content (AvgIpc) is 2.00. The van der Waals surface area contributed by atoms with E-state index in [1.165, 1.54) is 38.6 Å². The van der Waals surface area contributed by atoms with Crippen LogP contribution in [0.25, 0.3) is 0 Å². The highest BCUT2D eigenvalue weighted by molar-refractivity contribution is 5.12. The molecule has 11 heavy (non-hydrogen) atoms. The van der Waals surface area contributed by atoms with E-state index in [0.717, 1.165) is 0 Å². The van der Waals surface area contributed by atoms with Crippen molar-refractivity contribution in [3.8, 4) is 0 Å². The Hall–Kier alpha value is -0.0400. The first-order chi connectivity index (χ1) is 5.22. The van der Waals surface area contributed by atoms with Crippen molar-refractivity contribution in [1.82, 2.24) is 5.32 Å². The van der Waals surface area contributed by atoms with E-state index in [0.29, 0.717) is 11.0 Å². The SMILES string of the molecule is CCC12CCCCC1(C)NC2. The molecule has 0 aromatic carbocycles. The lowest BCUT2D eigenvalue weighted by Crippen LogP contribution is -2.72. The second-order valence-electron chi connectivity index (χ2n) is 4.53. The standard InChI is InChI=1S/C10H19N/c1-3-10-7-5-4-6-9(10,2)11-8-10/h11H,3-8H2,1-2H3. The van der Waals surface area contributed by atoms with Gasteiger partial charge in [0.15, 0.2) is 0 Å². The molecular formula is C10H19N. The molecule has 1 saturated carbocycles. The van der Waals surface area contributed by atoms with Crippen molar-refractivity contribution in [2.24, 2.45) is 5.41 Å². The van der Waals surface area contributed by atoms with Gasteiger partial charge in [-0.05, 0) is 26.2 Å². The first kappa shape index (κ1) is 7.60. The second kappa shape index (κ2) is 2.22. The quantitative estimate of drug-likeness (QED) is 0.609. The fourth-order valence-electron chi connectivity index (χ4n) is 2.99. The van der Waals surface area contributed by atoms with Gasteiger partial charge >= 0.3 is 0 Å². The van der Waals surface area contributed by atoms with Gasteiger partial charge in [-0.3, -0.25) is 0 Å². The predicted octanol–water partition coefficient (Wildman–Crippen LogP) is 2.32. The Morgan fingerprint density at radius 2 is 2.00 bits per heavy atom. The van der Waals surface area contributed by atoms with Crippen molar-refractivity contribution < 1.29 is 0 Å². The molecule has 1 aliphatic carbocycles. The molecule has 2 atom stereocenters. The van der Waals surface area contributed by atoms with Gasteiger partial charge in [0, 0.05) is 17.5 Å². The van der Waals surface area contributed by atoms with E-state index >= 15 is 0 Å². The molecule has 1 aliphatic heterocycles. The summed E-state index contributed by atoms with van der Waals surface area (Å²) in [7, 11) is 0. The van der Waals surface area contributed by atoms with Gasteiger partial charge in [0.2, 0.25) is 0 Å². The van der Waals surface area contributed by atoms with Gasteiger partial charge in [-0.1, -0.05) is 19.8 Å². The maximum Gasteiger partial charge on any atom is 0.0221 e. The summed E-state index contributed by atoms with van der Waals surface area (Å²) in [6.45, 7) is 6.05. The summed E-state index contributed by atoms with van der Waals surface area (Å²) < 4.78 is 0. The highest BCUT2D eigenvalue weighted by Gasteiger charge is 2.54. The van der Waals surface area contributed by atoms with Crippen LogP contribution in [0.2, 0.25) is 0 Å². The smallest absolute Gasteiger partial charge is 0.0221 e. The van der Waals surface area contributed by atoms with Crippen molar-refractivity contribution in [3.05, 3.63) is 0 Å². The van der Waals surface area contributed by atoms with Gasteiger partial charge in [-0.25, -0.2) is 0 Å². The second-order valence-corrected chi connectivity index (χ2v) is 4.53. The van der Waals surface area contributed by atoms with Crippen LogP contribution in [0.1, 0.15) is 46.0 Å². The lowest BCUT2D eigenvalue weighted by atomic mass is 9.55. The summed E-state index contributed by atoms with van der Waals surface area (Å²) in [5.74, 6) is 0. The number of hydrogen-bond donors (Lipinski definition) is 1. The Balaban J connectivity index is 2.17. The first-order valence-electron chi connectivity index (χ1n) is 4.97. The number of fused-ring (bicyclic) bond motifs is 1. The minimum atomic E-state index is 0.514. The maximum absolute atomic E-state index is 3.62. The number of rotatable bonds is 1. The Morgan fingerprint density at radius 1 is 1.27 bits per heavy atom. The molecule has 1 saturated heterocycles. The molecule has 64 valence electrons. The van der Waals surface area contributed by atoms with Crippen molar-refractivity contribution in [1.29, 1.82) is 0 Å². The average molecular weight is 153 g/mol. The molecule has 2 aliphatic rings. The Bertz CT molecular complexity index is 162. The minimum absolute atomic E-state index is 0.514. The van der Waals surface area contributed by atoms with Crippen molar-refractivity contribution in [3.63, 3.8) is 0 Å². The summed E-state index contributed by atoms with van der Waals surface area (Å²) in [6, 6.07) is 0. The van der Waals surface area contributed by atoms with Crippen LogP contribution in [0, 0.1) is 5.41 Å². The third-order valence-corrected chi connectivity index (χ3v) is 4.25. The molecule has 0 aromatic rings. The normalized spacial score (nSPS) is 49.6. The first-order valence-corrected chi connectivity index (χ1v) is 4.97. The van der Waals surface area contributed by atoms with E-state index in [-0.39, 0.29) is 0 Å². The largest absolute Gasteiger partial charge is 0.310 e. The van der Waals surface area contributed by atoms with Crippen LogP contribution in [0.5, 0.6) is 0 Å². The lowest BCUT2D eigenvalue weighted by Gasteiger charge is -2.61. The highest BCUT2D eigenvalue weighted by Crippen LogP contribution is 2.51. The molecule has 0 radical (unpaired) electrons. The lowest BCUT2D eigenvalue weighted by molar-refractivity contribution is -0.0471. The van der Waals surface area contributed by atoms with Gasteiger partial charge in [0.1, 0.15) is 0 Å². The fraction of sp³-hybridized carbons (Fsp3) is 1.00. The van der Waals surface area contributed by atoms with Crippen LogP contribution in [0.4, 0.5) is 0 Å².